The molecule has 1 atom stereocenters. The van der Waals surface area contributed by atoms with Crippen LogP contribution >= 0.6 is 0 Å². The van der Waals surface area contributed by atoms with Gasteiger partial charge in [-0.25, -0.2) is 4.39 Å². The Balaban J connectivity index is 2.53. The van der Waals surface area contributed by atoms with Crippen molar-refractivity contribution in [1.29, 1.82) is 0 Å². The summed E-state index contributed by atoms with van der Waals surface area (Å²) in [5, 5.41) is 3.61. The van der Waals surface area contributed by atoms with Crippen molar-refractivity contribution in [1.82, 2.24) is 10.2 Å². The molecule has 0 saturated carbocycles. The van der Waals surface area contributed by atoms with E-state index in [0.29, 0.717) is 12.1 Å². The van der Waals surface area contributed by atoms with Gasteiger partial charge in [-0.3, -0.25) is 0 Å². The van der Waals surface area contributed by atoms with Crippen molar-refractivity contribution >= 4 is 0 Å². The monoisotopic (exact) mass is 280 g/mol. The third-order valence-electron chi connectivity index (χ3n) is 3.86. The molecule has 1 rings (SSSR count). The first-order chi connectivity index (χ1) is 9.54. The van der Waals surface area contributed by atoms with Crippen LogP contribution in [-0.4, -0.2) is 31.1 Å². The normalized spacial score (nSPS) is 13.2. The number of halogens is 1. The van der Waals surface area contributed by atoms with Gasteiger partial charge in [-0.05, 0) is 45.0 Å². The Hall–Kier alpha value is -0.930. The summed E-state index contributed by atoms with van der Waals surface area (Å²) in [6.07, 6.45) is 3.48. The van der Waals surface area contributed by atoms with Crippen LogP contribution in [0.4, 0.5) is 4.39 Å². The quantitative estimate of drug-likeness (QED) is 0.736. The van der Waals surface area contributed by atoms with Crippen LogP contribution < -0.4 is 5.32 Å². The van der Waals surface area contributed by atoms with Crippen LogP contribution in [0.15, 0.2) is 24.3 Å². The molecule has 0 radical (unpaired) electrons. The molecule has 1 aromatic carbocycles. The van der Waals surface area contributed by atoms with Crippen LogP contribution in [-0.2, 0) is 0 Å². The molecule has 0 spiro atoms. The van der Waals surface area contributed by atoms with Gasteiger partial charge in [-0.2, -0.15) is 0 Å². The summed E-state index contributed by atoms with van der Waals surface area (Å²) in [6.45, 7) is 8.60. The lowest BCUT2D eigenvalue weighted by atomic mass is 10.0. The van der Waals surface area contributed by atoms with Gasteiger partial charge >= 0.3 is 0 Å². The van der Waals surface area contributed by atoms with E-state index >= 15 is 0 Å². The molecule has 20 heavy (non-hydrogen) atoms. The number of nitrogens with one attached hydrogen (secondary N) is 1. The zero-order valence-electron chi connectivity index (χ0n) is 13.3. The zero-order valence-corrected chi connectivity index (χ0v) is 13.3. The van der Waals surface area contributed by atoms with Crippen molar-refractivity contribution < 1.29 is 4.39 Å². The highest BCUT2D eigenvalue weighted by molar-refractivity contribution is 5.19. The van der Waals surface area contributed by atoms with E-state index in [1.165, 1.54) is 18.4 Å². The van der Waals surface area contributed by atoms with Crippen LogP contribution in [0.3, 0.4) is 0 Å². The highest BCUT2D eigenvalue weighted by atomic mass is 19.1. The number of nitrogens with zero attached hydrogens (tertiary/aromatic N) is 1. The van der Waals surface area contributed by atoms with Crippen molar-refractivity contribution in [3.63, 3.8) is 0 Å². The third kappa shape index (κ3) is 6.02. The lowest BCUT2D eigenvalue weighted by molar-refractivity contribution is 0.267. The minimum atomic E-state index is -0.164. The van der Waals surface area contributed by atoms with Gasteiger partial charge in [-0.1, -0.05) is 31.9 Å². The maximum atomic E-state index is 13.0. The summed E-state index contributed by atoms with van der Waals surface area (Å²) in [4.78, 5) is 2.33. The summed E-state index contributed by atoms with van der Waals surface area (Å²) in [5.41, 5.74) is 1.19. The van der Waals surface area contributed by atoms with E-state index in [0.717, 1.165) is 19.5 Å². The first-order valence-corrected chi connectivity index (χ1v) is 7.73. The molecule has 0 amide bonds. The minimum Gasteiger partial charge on any atom is -0.309 e. The molecule has 0 aliphatic rings. The molecule has 0 fully saturated rings. The van der Waals surface area contributed by atoms with Gasteiger partial charge in [0, 0.05) is 25.2 Å². The molecule has 1 N–H and O–H groups in total. The molecule has 1 unspecified atom stereocenters. The van der Waals surface area contributed by atoms with E-state index in [4.69, 9.17) is 0 Å². The summed E-state index contributed by atoms with van der Waals surface area (Å²) < 4.78 is 13.0. The molecule has 0 heterocycles. The minimum absolute atomic E-state index is 0.164. The average Bonchev–Trinajstić information content (AvgIpc) is 2.43. The predicted molar refractivity (Wildman–Crippen MR) is 84.4 cm³/mol. The largest absolute Gasteiger partial charge is 0.309 e. The molecule has 0 aliphatic carbocycles. The summed E-state index contributed by atoms with van der Waals surface area (Å²) in [6, 6.07) is 7.79. The van der Waals surface area contributed by atoms with Crippen molar-refractivity contribution in [2.24, 2.45) is 0 Å². The predicted octanol–water partition coefficient (Wildman–Crippen LogP) is 3.99. The van der Waals surface area contributed by atoms with Gasteiger partial charge < -0.3 is 10.2 Å². The molecular weight excluding hydrogens is 251 g/mol. The van der Waals surface area contributed by atoms with E-state index in [1.807, 2.05) is 12.1 Å². The van der Waals surface area contributed by atoms with Gasteiger partial charge in [0.1, 0.15) is 5.82 Å². The van der Waals surface area contributed by atoms with Gasteiger partial charge in [0.15, 0.2) is 0 Å². The molecule has 1 aromatic rings. The molecule has 0 saturated heterocycles. The number of rotatable bonds is 9. The lowest BCUT2D eigenvalue weighted by Gasteiger charge is -2.24. The zero-order chi connectivity index (χ0) is 15.0. The molecule has 0 aliphatic heterocycles. The second-order valence-corrected chi connectivity index (χ2v) is 5.77. The smallest absolute Gasteiger partial charge is 0.123 e. The van der Waals surface area contributed by atoms with E-state index in [1.54, 1.807) is 12.1 Å². The van der Waals surface area contributed by atoms with Crippen LogP contribution in [0, 0.1) is 5.82 Å². The highest BCUT2D eigenvalue weighted by Crippen LogP contribution is 2.19. The number of hydrogen-bond donors (Lipinski definition) is 1. The van der Waals surface area contributed by atoms with Crippen LogP contribution in [0.25, 0.3) is 0 Å². The Kier molecular flexibility index (Phi) is 7.78. The summed E-state index contributed by atoms with van der Waals surface area (Å²) >= 11 is 0. The summed E-state index contributed by atoms with van der Waals surface area (Å²) in [7, 11) is 2.14. The Morgan fingerprint density at radius 1 is 1.20 bits per heavy atom. The second kappa shape index (κ2) is 9.09. The van der Waals surface area contributed by atoms with Crippen LogP contribution in [0.5, 0.6) is 0 Å². The van der Waals surface area contributed by atoms with Gasteiger partial charge in [0.25, 0.3) is 0 Å². The maximum Gasteiger partial charge on any atom is 0.123 e. The number of benzene rings is 1. The number of hydrogen-bond acceptors (Lipinski definition) is 2. The van der Waals surface area contributed by atoms with E-state index in [9.17, 15) is 4.39 Å². The fraction of sp³-hybridized carbons (Fsp3) is 0.647. The SMILES string of the molecule is CCCCC(NCCN(C)C(C)C)c1ccc(F)cc1. The fourth-order valence-corrected chi connectivity index (χ4v) is 2.16. The molecule has 114 valence electrons. The van der Waals surface area contributed by atoms with Crippen LogP contribution in [0.1, 0.15) is 51.6 Å². The van der Waals surface area contributed by atoms with Gasteiger partial charge in [-0.15, -0.1) is 0 Å². The van der Waals surface area contributed by atoms with Gasteiger partial charge in [0.2, 0.25) is 0 Å². The Labute approximate surface area is 123 Å². The van der Waals surface area contributed by atoms with Gasteiger partial charge in [0.05, 0.1) is 0 Å². The molecule has 3 heteroatoms. The Morgan fingerprint density at radius 2 is 1.85 bits per heavy atom. The second-order valence-electron chi connectivity index (χ2n) is 5.77. The molecule has 2 nitrogen and oxygen atoms in total. The number of unbranched alkanes of at least 4 members (excludes halogenated alkanes) is 1. The highest BCUT2D eigenvalue weighted by Gasteiger charge is 2.11. The first kappa shape index (κ1) is 17.1. The van der Waals surface area contributed by atoms with Crippen molar-refractivity contribution in [3.8, 4) is 0 Å². The summed E-state index contributed by atoms with van der Waals surface area (Å²) in [5.74, 6) is -0.164. The standard InChI is InChI=1S/C17H29FN2/c1-5-6-7-17(15-8-10-16(18)11-9-15)19-12-13-20(4)14(2)3/h8-11,14,17,19H,5-7,12-13H2,1-4H3. The van der Waals surface area contributed by atoms with Crippen molar-refractivity contribution in [2.45, 2.75) is 52.1 Å². The van der Waals surface area contributed by atoms with E-state index < -0.39 is 0 Å². The molecule has 0 aromatic heterocycles. The number of likely N-dealkylation sites (N-methyl/N-ethyl adjacent to an activating group) is 1. The maximum absolute atomic E-state index is 13.0. The average molecular weight is 280 g/mol. The third-order valence-corrected chi connectivity index (χ3v) is 3.86. The lowest BCUT2D eigenvalue weighted by Crippen LogP contribution is -2.35. The molecule has 0 bridgehead atoms. The van der Waals surface area contributed by atoms with E-state index in [2.05, 4.69) is 38.0 Å². The first-order valence-electron chi connectivity index (χ1n) is 7.73. The van der Waals surface area contributed by atoms with Crippen molar-refractivity contribution in [2.75, 3.05) is 20.1 Å². The van der Waals surface area contributed by atoms with Crippen LogP contribution in [0.2, 0.25) is 0 Å². The Bertz CT molecular complexity index is 362. The Morgan fingerprint density at radius 3 is 2.40 bits per heavy atom. The van der Waals surface area contributed by atoms with Crippen molar-refractivity contribution in [3.05, 3.63) is 35.6 Å². The topological polar surface area (TPSA) is 15.3 Å². The van der Waals surface area contributed by atoms with E-state index in [-0.39, 0.29) is 5.82 Å². The molecular formula is C17H29FN2. The fourth-order valence-electron chi connectivity index (χ4n) is 2.16.